The van der Waals surface area contributed by atoms with E-state index < -0.39 is 0 Å². The largest absolute Gasteiger partial charge is 0.383 e. The van der Waals surface area contributed by atoms with Crippen molar-refractivity contribution in [2.75, 3.05) is 5.73 Å². The van der Waals surface area contributed by atoms with Crippen molar-refractivity contribution in [3.63, 3.8) is 0 Å². The minimum atomic E-state index is 0.780. The van der Waals surface area contributed by atoms with Gasteiger partial charge in [-0.05, 0) is 18.9 Å². The normalized spacial score (nSPS) is 10.7. The number of nitrogens with two attached hydrogens (primary N) is 1. The molecule has 0 amide bonds. The second-order valence-electron chi connectivity index (χ2n) is 4.29. The maximum absolute atomic E-state index is 6.18. The Morgan fingerprint density at radius 1 is 1.24 bits per heavy atom. The van der Waals surface area contributed by atoms with Crippen molar-refractivity contribution in [1.82, 2.24) is 9.78 Å². The molecule has 0 bridgehead atoms. The summed E-state index contributed by atoms with van der Waals surface area (Å²) in [6.45, 7) is 5.09. The van der Waals surface area contributed by atoms with Crippen molar-refractivity contribution >= 4 is 5.82 Å². The lowest BCUT2D eigenvalue weighted by atomic mass is 10.1. The van der Waals surface area contributed by atoms with Crippen molar-refractivity contribution in [3.05, 3.63) is 36.0 Å². The first-order valence-electron chi connectivity index (χ1n) is 6.12. The fourth-order valence-electron chi connectivity index (χ4n) is 2.04. The zero-order valence-corrected chi connectivity index (χ0v) is 10.5. The SMILES string of the molecule is CCCCn1nc(C)c(-c2ccccc2)c1N. The maximum Gasteiger partial charge on any atom is 0.129 e. The van der Waals surface area contributed by atoms with Crippen molar-refractivity contribution in [3.8, 4) is 11.1 Å². The lowest BCUT2D eigenvalue weighted by molar-refractivity contribution is 0.575. The van der Waals surface area contributed by atoms with Crippen LogP contribution in [0.25, 0.3) is 11.1 Å². The van der Waals surface area contributed by atoms with Gasteiger partial charge in [0.05, 0.1) is 5.69 Å². The Balaban J connectivity index is 2.38. The van der Waals surface area contributed by atoms with Crippen LogP contribution in [0.2, 0.25) is 0 Å². The van der Waals surface area contributed by atoms with Gasteiger partial charge in [-0.2, -0.15) is 5.10 Å². The summed E-state index contributed by atoms with van der Waals surface area (Å²) in [6.07, 6.45) is 2.26. The number of hydrogen-bond acceptors (Lipinski definition) is 2. The molecule has 0 saturated heterocycles. The fraction of sp³-hybridized carbons (Fsp3) is 0.357. The van der Waals surface area contributed by atoms with E-state index in [-0.39, 0.29) is 0 Å². The predicted molar refractivity (Wildman–Crippen MR) is 71.7 cm³/mol. The minimum Gasteiger partial charge on any atom is -0.383 e. The summed E-state index contributed by atoms with van der Waals surface area (Å²) < 4.78 is 1.92. The summed E-state index contributed by atoms with van der Waals surface area (Å²) in [5.74, 6) is 0.780. The quantitative estimate of drug-likeness (QED) is 0.874. The minimum absolute atomic E-state index is 0.780. The molecule has 2 aromatic rings. The highest BCUT2D eigenvalue weighted by Gasteiger charge is 2.13. The molecule has 0 radical (unpaired) electrons. The summed E-state index contributed by atoms with van der Waals surface area (Å²) in [5, 5.41) is 4.52. The number of aryl methyl sites for hydroxylation is 2. The van der Waals surface area contributed by atoms with Gasteiger partial charge in [0.15, 0.2) is 0 Å². The van der Waals surface area contributed by atoms with Gasteiger partial charge < -0.3 is 5.73 Å². The Kier molecular flexibility index (Phi) is 3.47. The summed E-state index contributed by atoms with van der Waals surface area (Å²) >= 11 is 0. The Labute approximate surface area is 102 Å². The van der Waals surface area contributed by atoms with Gasteiger partial charge in [-0.3, -0.25) is 0 Å². The van der Waals surface area contributed by atoms with E-state index in [2.05, 4.69) is 24.2 Å². The monoisotopic (exact) mass is 229 g/mol. The van der Waals surface area contributed by atoms with Gasteiger partial charge in [0.25, 0.3) is 0 Å². The van der Waals surface area contributed by atoms with Crippen LogP contribution in [0.3, 0.4) is 0 Å². The highest BCUT2D eigenvalue weighted by Crippen LogP contribution is 2.29. The smallest absolute Gasteiger partial charge is 0.129 e. The average Bonchev–Trinajstić information content (AvgIpc) is 2.63. The first-order valence-corrected chi connectivity index (χ1v) is 6.12. The average molecular weight is 229 g/mol. The number of aromatic nitrogens is 2. The summed E-state index contributed by atoms with van der Waals surface area (Å²) in [6, 6.07) is 10.2. The number of hydrogen-bond donors (Lipinski definition) is 1. The van der Waals surface area contributed by atoms with Crippen LogP contribution in [-0.2, 0) is 6.54 Å². The van der Waals surface area contributed by atoms with Crippen molar-refractivity contribution in [1.29, 1.82) is 0 Å². The molecule has 0 atom stereocenters. The van der Waals surface area contributed by atoms with Crippen LogP contribution in [0.15, 0.2) is 30.3 Å². The van der Waals surface area contributed by atoms with Crippen molar-refractivity contribution < 1.29 is 0 Å². The first-order chi connectivity index (χ1) is 8.24. The predicted octanol–water partition coefficient (Wildman–Crippen LogP) is 3.24. The summed E-state index contributed by atoms with van der Waals surface area (Å²) in [4.78, 5) is 0. The van der Waals surface area contributed by atoms with Crippen LogP contribution in [0, 0.1) is 6.92 Å². The Morgan fingerprint density at radius 2 is 1.94 bits per heavy atom. The van der Waals surface area contributed by atoms with Crippen LogP contribution < -0.4 is 5.73 Å². The molecule has 0 aliphatic rings. The highest BCUT2D eigenvalue weighted by atomic mass is 15.3. The molecular formula is C14H19N3. The zero-order valence-electron chi connectivity index (χ0n) is 10.5. The molecule has 17 heavy (non-hydrogen) atoms. The third kappa shape index (κ3) is 2.33. The number of nitrogens with zero attached hydrogens (tertiary/aromatic N) is 2. The van der Waals surface area contributed by atoms with Crippen LogP contribution in [-0.4, -0.2) is 9.78 Å². The van der Waals surface area contributed by atoms with Crippen LogP contribution >= 0.6 is 0 Å². The standard InChI is InChI=1S/C14H19N3/c1-3-4-10-17-14(15)13(11(2)16-17)12-8-6-5-7-9-12/h5-9H,3-4,10,15H2,1-2H3. The van der Waals surface area contributed by atoms with E-state index in [4.69, 9.17) is 5.73 Å². The third-order valence-corrected chi connectivity index (χ3v) is 2.95. The summed E-state index contributed by atoms with van der Waals surface area (Å²) in [5.41, 5.74) is 9.40. The molecule has 0 saturated carbocycles. The van der Waals surface area contributed by atoms with E-state index in [0.717, 1.165) is 42.0 Å². The second kappa shape index (κ2) is 5.04. The van der Waals surface area contributed by atoms with Crippen LogP contribution in [0.1, 0.15) is 25.5 Å². The molecule has 1 heterocycles. The Bertz CT molecular complexity index is 486. The van der Waals surface area contributed by atoms with E-state index >= 15 is 0 Å². The molecule has 0 fully saturated rings. The molecular weight excluding hydrogens is 210 g/mol. The van der Waals surface area contributed by atoms with Gasteiger partial charge in [-0.25, -0.2) is 4.68 Å². The summed E-state index contributed by atoms with van der Waals surface area (Å²) in [7, 11) is 0. The molecule has 3 nitrogen and oxygen atoms in total. The van der Waals surface area contributed by atoms with Gasteiger partial charge in [0.2, 0.25) is 0 Å². The number of rotatable bonds is 4. The highest BCUT2D eigenvalue weighted by molar-refractivity contribution is 5.76. The molecule has 0 aliphatic heterocycles. The lowest BCUT2D eigenvalue weighted by Gasteiger charge is -2.04. The molecule has 1 aromatic heterocycles. The first kappa shape index (κ1) is 11.7. The molecule has 1 aromatic carbocycles. The van der Waals surface area contributed by atoms with Gasteiger partial charge in [0, 0.05) is 12.1 Å². The van der Waals surface area contributed by atoms with Crippen molar-refractivity contribution in [2.24, 2.45) is 0 Å². The van der Waals surface area contributed by atoms with Crippen LogP contribution in [0.4, 0.5) is 5.82 Å². The molecule has 90 valence electrons. The molecule has 2 rings (SSSR count). The fourth-order valence-corrected chi connectivity index (χ4v) is 2.04. The molecule has 2 N–H and O–H groups in total. The second-order valence-corrected chi connectivity index (χ2v) is 4.29. The third-order valence-electron chi connectivity index (χ3n) is 2.95. The van der Waals surface area contributed by atoms with Gasteiger partial charge in [-0.15, -0.1) is 0 Å². The lowest BCUT2D eigenvalue weighted by Crippen LogP contribution is -2.04. The van der Waals surface area contributed by atoms with E-state index in [9.17, 15) is 0 Å². The van der Waals surface area contributed by atoms with E-state index in [1.807, 2.05) is 29.8 Å². The van der Waals surface area contributed by atoms with E-state index in [1.54, 1.807) is 0 Å². The van der Waals surface area contributed by atoms with Gasteiger partial charge in [0.1, 0.15) is 5.82 Å². The van der Waals surface area contributed by atoms with Crippen LogP contribution in [0.5, 0.6) is 0 Å². The number of nitrogen functional groups attached to an aromatic ring is 1. The topological polar surface area (TPSA) is 43.8 Å². The van der Waals surface area contributed by atoms with E-state index in [0.29, 0.717) is 0 Å². The number of benzene rings is 1. The number of unbranched alkanes of at least 4 members (excludes halogenated alkanes) is 1. The maximum atomic E-state index is 6.18. The molecule has 0 aliphatic carbocycles. The number of anilines is 1. The van der Waals surface area contributed by atoms with Gasteiger partial charge in [-0.1, -0.05) is 43.7 Å². The molecule has 0 spiro atoms. The Morgan fingerprint density at radius 3 is 2.59 bits per heavy atom. The van der Waals surface area contributed by atoms with Crippen molar-refractivity contribution in [2.45, 2.75) is 33.2 Å². The zero-order chi connectivity index (χ0) is 12.3. The Hall–Kier alpha value is -1.77. The molecule has 3 heteroatoms. The molecule has 0 unspecified atom stereocenters. The van der Waals surface area contributed by atoms with Gasteiger partial charge >= 0.3 is 0 Å². The van der Waals surface area contributed by atoms with E-state index in [1.165, 1.54) is 0 Å².